The van der Waals surface area contributed by atoms with Gasteiger partial charge in [-0.2, -0.15) is 0 Å². The van der Waals surface area contributed by atoms with E-state index in [4.69, 9.17) is 28.7 Å². The van der Waals surface area contributed by atoms with Crippen LogP contribution in [0.1, 0.15) is 151 Å². The average Bonchev–Trinajstić information content (AvgIpc) is 1.75. The first kappa shape index (κ1) is 86.0. The van der Waals surface area contributed by atoms with Gasteiger partial charge >= 0.3 is 5.97 Å². The van der Waals surface area contributed by atoms with Gasteiger partial charge in [0.25, 0.3) is 0 Å². The van der Waals surface area contributed by atoms with E-state index in [0.717, 1.165) is 4.90 Å². The van der Waals surface area contributed by atoms with Crippen LogP contribution in [0.2, 0.25) is 0 Å². The molecule has 13 atom stereocenters. The van der Waals surface area contributed by atoms with E-state index in [1.165, 1.54) is 45.0 Å². The predicted molar refractivity (Wildman–Crippen MR) is 357 cm³/mol. The normalized spacial score (nSPS) is 16.5. The quantitative estimate of drug-likeness (QED) is 0.0272. The molecule has 0 radical (unpaired) electrons. The van der Waals surface area contributed by atoms with Crippen LogP contribution in [0.15, 0.2) is 24.3 Å². The summed E-state index contributed by atoms with van der Waals surface area (Å²) >= 11 is 0. The molecule has 35 nitrogen and oxygen atoms in total. The number of aliphatic hydroxyl groups is 2. The Bertz CT molecular complexity index is 2950. The molecule has 1 saturated heterocycles. The van der Waals surface area contributed by atoms with Crippen molar-refractivity contribution in [3.63, 3.8) is 0 Å². The number of nitrogens with two attached hydrogens (primary N) is 5. The summed E-state index contributed by atoms with van der Waals surface area (Å²) in [5.74, 6) is -16.4. The average molecular weight is 1400 g/mol. The number of unbranched alkanes of at least 4 members (excludes halogenated alkanes) is 1. The van der Waals surface area contributed by atoms with Crippen molar-refractivity contribution in [2.75, 3.05) is 19.7 Å². The fraction of sp³-hybridized carbons (Fsp3) is 0.672. The molecule has 0 aromatic heterocycles. The molecule has 0 bridgehead atoms. The van der Waals surface area contributed by atoms with Crippen molar-refractivity contribution in [2.45, 2.75) is 231 Å². The predicted octanol–water partition coefficient (Wildman–Crippen LogP) is -5.11. The number of hydrogen-bond donors (Lipinski definition) is 19. The first-order valence-electron chi connectivity index (χ1n) is 33.2. The summed E-state index contributed by atoms with van der Waals surface area (Å²) in [7, 11) is 0. The number of carbonyl (C=O) groups excluding carboxylic acids is 14. The van der Waals surface area contributed by atoms with E-state index in [0.29, 0.717) is 24.9 Å². The van der Waals surface area contributed by atoms with Gasteiger partial charge in [-0.3, -0.25) is 71.9 Å². The lowest BCUT2D eigenvalue weighted by Gasteiger charge is -2.31. The van der Waals surface area contributed by atoms with Gasteiger partial charge in [-0.1, -0.05) is 67.5 Å². The molecule has 99 heavy (non-hydrogen) atoms. The summed E-state index contributed by atoms with van der Waals surface area (Å²) in [5, 5.41) is 65.9. The lowest BCUT2D eigenvalue weighted by atomic mass is 9.99. The maximum Gasteiger partial charge on any atom is 0.303 e. The lowest BCUT2D eigenvalue weighted by molar-refractivity contribution is -0.143. The number of aliphatic carboxylic acids is 1. The SMILES string of the molecule is CC(C)C[C@H](NC(=O)[C@H](CC(C)C)NC(=O)[C@@H](NC(=O)[C@H](CC(C)C)NC(=O)[C@@H]1CCCN1C(=O)[C@H](CO)NC(=O)[C@@H](NC(=O)[C@H](CCC(N)=O)NC(=O)[C@H](CCC(=O)O)NC(=O)[C@H](Cc1ccc(O)cc1)NC(=O)[C@@H](N)CC(N)=O)C(C)C)[C@@H](C)O)C(=O)N[C@@H](CCCCN)C(N)=O. The minimum absolute atomic E-state index is 0.0304. The number of aromatic hydroxyl groups is 1. The maximum absolute atomic E-state index is 14.3. The van der Waals surface area contributed by atoms with Crippen LogP contribution in [0.3, 0.4) is 0 Å². The third-order valence-corrected chi connectivity index (χ3v) is 15.9. The largest absolute Gasteiger partial charge is 0.508 e. The molecule has 0 aliphatic carbocycles. The third kappa shape index (κ3) is 30.7. The van der Waals surface area contributed by atoms with Crippen molar-refractivity contribution in [1.82, 2.24) is 58.1 Å². The van der Waals surface area contributed by atoms with E-state index in [9.17, 15) is 92.3 Å². The Morgan fingerprint density at radius 3 is 1.42 bits per heavy atom. The monoisotopic (exact) mass is 1400 g/mol. The molecular formula is C64H106N16O19. The molecule has 2 rings (SSSR count). The second-order valence-corrected chi connectivity index (χ2v) is 26.5. The van der Waals surface area contributed by atoms with Gasteiger partial charge in [-0.15, -0.1) is 0 Å². The zero-order chi connectivity index (χ0) is 75.1. The smallest absolute Gasteiger partial charge is 0.303 e. The number of nitrogens with zero attached hydrogens (tertiary/aromatic N) is 1. The van der Waals surface area contributed by atoms with Crippen LogP contribution in [0.4, 0.5) is 0 Å². The van der Waals surface area contributed by atoms with Crippen molar-refractivity contribution in [3.05, 3.63) is 29.8 Å². The number of carbonyl (C=O) groups is 15. The molecule has 24 N–H and O–H groups in total. The van der Waals surface area contributed by atoms with Gasteiger partial charge < -0.3 is 107 Å². The Hall–Kier alpha value is -9.09. The number of benzene rings is 1. The molecule has 1 aliphatic rings. The second-order valence-electron chi connectivity index (χ2n) is 26.5. The molecule has 35 heteroatoms. The first-order valence-corrected chi connectivity index (χ1v) is 33.2. The number of nitrogens with one attached hydrogen (secondary N) is 10. The number of primary amides is 3. The molecule has 0 spiro atoms. The molecular weight excluding hydrogens is 1300 g/mol. The summed E-state index contributed by atoms with van der Waals surface area (Å²) in [6.07, 6.45) is -3.28. The highest BCUT2D eigenvalue weighted by atomic mass is 16.4. The van der Waals surface area contributed by atoms with Gasteiger partial charge in [0.1, 0.15) is 72.2 Å². The van der Waals surface area contributed by atoms with Gasteiger partial charge in [0.2, 0.25) is 82.7 Å². The van der Waals surface area contributed by atoms with Gasteiger partial charge in [0, 0.05) is 25.8 Å². The van der Waals surface area contributed by atoms with Crippen LogP contribution in [-0.4, -0.2) is 212 Å². The highest BCUT2D eigenvalue weighted by Crippen LogP contribution is 2.21. The fourth-order valence-corrected chi connectivity index (χ4v) is 10.7. The van der Waals surface area contributed by atoms with Crippen molar-refractivity contribution in [1.29, 1.82) is 0 Å². The summed E-state index contributed by atoms with van der Waals surface area (Å²) in [5.41, 5.74) is 28.0. The number of phenolic OH excluding ortho intramolecular Hbond substituents is 1. The van der Waals surface area contributed by atoms with E-state index >= 15 is 0 Å². The van der Waals surface area contributed by atoms with Gasteiger partial charge in [-0.05, 0) is 119 Å². The first-order chi connectivity index (χ1) is 46.3. The summed E-state index contributed by atoms with van der Waals surface area (Å²) < 4.78 is 0. The van der Waals surface area contributed by atoms with Crippen molar-refractivity contribution < 1.29 is 92.3 Å². The van der Waals surface area contributed by atoms with Crippen LogP contribution >= 0.6 is 0 Å². The number of aliphatic hydroxyl groups excluding tert-OH is 2. The van der Waals surface area contributed by atoms with Gasteiger partial charge in [0.05, 0.1) is 25.2 Å². The molecule has 0 unspecified atom stereocenters. The van der Waals surface area contributed by atoms with Crippen LogP contribution in [-0.2, 0) is 78.3 Å². The number of hydrogen-bond acceptors (Lipinski definition) is 20. The highest BCUT2D eigenvalue weighted by molar-refractivity contribution is 6.00. The van der Waals surface area contributed by atoms with Crippen LogP contribution in [0, 0.1) is 23.7 Å². The standard InChI is InChI=1S/C64H106N16O19/c1-31(2)25-42(57(92)70-39(53(69)88)13-10-11-23-65)74-58(93)43(26-32(3)4)76-63(98)52(35(9)82)79-60(95)44(27-33(5)6)75-61(96)47-14-12-24-80(47)64(99)46(30-81)77-62(97)51(34(7)8)78-56(91)40(19-21-48(67)84)71-55(90)41(20-22-50(86)87)72-59(94)45(28-36-15-17-37(83)18-16-36)73-54(89)38(66)29-49(68)85/h15-18,31-35,38-47,51-52,81-83H,10-14,19-30,65-66H2,1-9H3,(H2,67,84)(H2,68,85)(H2,69,88)(H,70,92)(H,71,90)(H,72,94)(H,73,89)(H,74,93)(H,75,96)(H,76,98)(H,77,97)(H,78,91)(H,79,95)(H,86,87)/t35-,38+,39+,40+,41+,42+,43+,44+,45+,46+,47+,51+,52+/m1/s1. The summed E-state index contributed by atoms with van der Waals surface area (Å²) in [6, 6.07) is -12.5. The Kier molecular flexibility index (Phi) is 37.1. The topological polar surface area (TPSA) is 591 Å². The number of carboxylic acids is 1. The van der Waals surface area contributed by atoms with E-state index in [2.05, 4.69) is 53.2 Å². The third-order valence-electron chi connectivity index (χ3n) is 15.9. The number of amides is 14. The highest BCUT2D eigenvalue weighted by Gasteiger charge is 2.42. The van der Waals surface area contributed by atoms with Crippen LogP contribution < -0.4 is 81.8 Å². The second kappa shape index (κ2) is 42.7. The minimum atomic E-state index is -1.77. The zero-order valence-corrected chi connectivity index (χ0v) is 57.9. The summed E-state index contributed by atoms with van der Waals surface area (Å²) in [4.78, 5) is 203. The van der Waals surface area contributed by atoms with E-state index < -0.39 is 212 Å². The van der Waals surface area contributed by atoms with Crippen molar-refractivity contribution in [3.8, 4) is 5.75 Å². The van der Waals surface area contributed by atoms with Gasteiger partial charge in [-0.25, -0.2) is 0 Å². The molecule has 1 fully saturated rings. The molecule has 0 saturated carbocycles. The molecule has 556 valence electrons. The molecule has 1 aromatic rings. The Balaban J connectivity index is 2.38. The van der Waals surface area contributed by atoms with Gasteiger partial charge in [0.15, 0.2) is 0 Å². The van der Waals surface area contributed by atoms with E-state index in [1.807, 2.05) is 13.8 Å². The Morgan fingerprint density at radius 2 is 0.949 bits per heavy atom. The van der Waals surface area contributed by atoms with Crippen LogP contribution in [0.25, 0.3) is 0 Å². The zero-order valence-electron chi connectivity index (χ0n) is 57.9. The number of rotatable bonds is 45. The molecule has 1 aliphatic heterocycles. The van der Waals surface area contributed by atoms with Crippen LogP contribution in [0.5, 0.6) is 5.75 Å². The Labute approximate surface area is 575 Å². The molecule has 14 amide bonds. The minimum Gasteiger partial charge on any atom is -0.508 e. The fourth-order valence-electron chi connectivity index (χ4n) is 10.7. The number of likely N-dealkylation sites (tertiary alicyclic amines) is 1. The number of carboxylic acid groups (broad SMARTS) is 1. The Morgan fingerprint density at radius 1 is 0.515 bits per heavy atom. The molecule has 1 heterocycles. The molecule has 1 aromatic carbocycles. The maximum atomic E-state index is 14.3. The van der Waals surface area contributed by atoms with Crippen molar-refractivity contribution in [2.24, 2.45) is 52.3 Å². The van der Waals surface area contributed by atoms with E-state index in [-0.39, 0.29) is 75.0 Å². The lowest BCUT2D eigenvalue weighted by Crippen LogP contribution is -2.62. The number of phenols is 1. The van der Waals surface area contributed by atoms with Crippen molar-refractivity contribution >= 4 is 88.7 Å². The van der Waals surface area contributed by atoms with E-state index in [1.54, 1.807) is 27.7 Å². The summed E-state index contributed by atoms with van der Waals surface area (Å²) in [6.45, 7) is 14.0.